The van der Waals surface area contributed by atoms with Crippen LogP contribution in [0, 0.1) is 23.5 Å². The normalized spacial score (nSPS) is 19.4. The fourth-order valence-corrected chi connectivity index (χ4v) is 4.28. The van der Waals surface area contributed by atoms with Crippen molar-refractivity contribution in [3.8, 4) is 16.9 Å². The Kier molecular flexibility index (Phi) is 7.95. The van der Waals surface area contributed by atoms with Crippen LogP contribution in [0.15, 0.2) is 36.4 Å². The molecule has 1 saturated carbocycles. The van der Waals surface area contributed by atoms with Crippen molar-refractivity contribution in [1.29, 1.82) is 0 Å². The van der Waals surface area contributed by atoms with E-state index in [2.05, 4.69) is 6.92 Å². The lowest BCUT2D eigenvalue weighted by atomic mass is 9.80. The third-order valence-corrected chi connectivity index (χ3v) is 6.23. The second-order valence-corrected chi connectivity index (χ2v) is 8.51. The van der Waals surface area contributed by atoms with Gasteiger partial charge >= 0.3 is 6.18 Å². The number of alkyl halides is 3. The van der Waals surface area contributed by atoms with E-state index in [9.17, 15) is 22.0 Å². The van der Waals surface area contributed by atoms with Gasteiger partial charge in [-0.25, -0.2) is 4.39 Å². The average Bonchev–Trinajstić information content (AvgIpc) is 2.75. The molecule has 0 unspecified atom stereocenters. The first-order chi connectivity index (χ1) is 14.8. The van der Waals surface area contributed by atoms with E-state index >= 15 is 0 Å². The Bertz CT molecular complexity index is 836. The van der Waals surface area contributed by atoms with Gasteiger partial charge in [0.25, 0.3) is 0 Å². The van der Waals surface area contributed by atoms with Gasteiger partial charge in [-0.2, -0.15) is 17.6 Å². The smallest absolute Gasteiger partial charge is 0.416 e. The third kappa shape index (κ3) is 6.20. The van der Waals surface area contributed by atoms with Crippen molar-refractivity contribution >= 4 is 0 Å². The Morgan fingerprint density at radius 2 is 1.48 bits per heavy atom. The minimum Gasteiger partial charge on any atom is -0.490 e. The van der Waals surface area contributed by atoms with E-state index < -0.39 is 23.4 Å². The van der Waals surface area contributed by atoms with Crippen LogP contribution in [0.5, 0.6) is 5.75 Å². The summed E-state index contributed by atoms with van der Waals surface area (Å²) in [5.41, 5.74) is -0.749. The maximum atomic E-state index is 14.6. The van der Waals surface area contributed by atoms with E-state index in [1.54, 1.807) is 0 Å². The lowest BCUT2D eigenvalue weighted by molar-refractivity contribution is -0.137. The maximum Gasteiger partial charge on any atom is 0.416 e. The molecule has 170 valence electrons. The van der Waals surface area contributed by atoms with Crippen LogP contribution in [0.1, 0.15) is 63.9 Å². The highest BCUT2D eigenvalue weighted by atomic mass is 19.4. The summed E-state index contributed by atoms with van der Waals surface area (Å²) >= 11 is 0. The van der Waals surface area contributed by atoms with Crippen molar-refractivity contribution in [1.82, 2.24) is 0 Å². The van der Waals surface area contributed by atoms with Gasteiger partial charge in [0.1, 0.15) is 0 Å². The molecule has 1 fully saturated rings. The van der Waals surface area contributed by atoms with Crippen LogP contribution in [0.4, 0.5) is 22.0 Å². The summed E-state index contributed by atoms with van der Waals surface area (Å²) in [7, 11) is 0. The Balaban J connectivity index is 1.58. The average molecular weight is 440 g/mol. The van der Waals surface area contributed by atoms with Crippen LogP contribution in [-0.2, 0) is 6.18 Å². The van der Waals surface area contributed by atoms with Crippen LogP contribution in [-0.4, -0.2) is 6.61 Å². The zero-order chi connectivity index (χ0) is 22.4. The molecule has 0 aromatic heterocycles. The number of halogens is 5. The summed E-state index contributed by atoms with van der Waals surface area (Å²) in [6.45, 7) is 2.55. The van der Waals surface area contributed by atoms with E-state index in [1.807, 2.05) is 0 Å². The molecule has 0 amide bonds. The molecular weight excluding hydrogens is 411 g/mol. The van der Waals surface area contributed by atoms with Gasteiger partial charge in [0.2, 0.25) is 5.82 Å². The fourth-order valence-electron chi connectivity index (χ4n) is 4.28. The van der Waals surface area contributed by atoms with E-state index in [4.69, 9.17) is 4.74 Å². The fraction of sp³-hybridized carbons (Fsp3) is 0.520. The molecule has 6 heteroatoms. The van der Waals surface area contributed by atoms with Gasteiger partial charge in [-0.15, -0.1) is 0 Å². The van der Waals surface area contributed by atoms with E-state index in [0.29, 0.717) is 12.5 Å². The summed E-state index contributed by atoms with van der Waals surface area (Å²) in [6, 6.07) is 6.69. The molecule has 0 atom stereocenters. The molecule has 0 radical (unpaired) electrons. The Hall–Kier alpha value is -2.11. The van der Waals surface area contributed by atoms with E-state index in [1.165, 1.54) is 37.8 Å². The third-order valence-electron chi connectivity index (χ3n) is 6.23. The largest absolute Gasteiger partial charge is 0.490 e. The van der Waals surface area contributed by atoms with Gasteiger partial charge in [-0.3, -0.25) is 0 Å². The summed E-state index contributed by atoms with van der Waals surface area (Å²) < 4.78 is 72.8. The SMILES string of the molecule is CCCCCC1CCC(COc2ccc(-c3ccc(C(F)(F)F)cc3)c(F)c2F)CC1. The Labute approximate surface area is 180 Å². The standard InChI is InChI=1S/C25H29F5O/c1-2-3-4-5-17-6-8-18(9-7-17)16-31-22-15-14-21(23(26)24(22)27)19-10-12-20(13-11-19)25(28,29)30/h10-15,17-18H,2-9,16H2,1H3. The Morgan fingerprint density at radius 3 is 2.10 bits per heavy atom. The quantitative estimate of drug-likeness (QED) is 0.296. The van der Waals surface area contributed by atoms with Gasteiger partial charge in [-0.05, 0) is 54.5 Å². The highest BCUT2D eigenvalue weighted by Crippen LogP contribution is 2.35. The number of ether oxygens (including phenoxy) is 1. The summed E-state index contributed by atoms with van der Waals surface area (Å²) in [6.07, 6.45) is 4.94. The van der Waals surface area contributed by atoms with Gasteiger partial charge < -0.3 is 4.74 Å². The van der Waals surface area contributed by atoms with Crippen molar-refractivity contribution < 1.29 is 26.7 Å². The minimum atomic E-state index is -4.48. The molecule has 0 saturated heterocycles. The second-order valence-electron chi connectivity index (χ2n) is 8.51. The Morgan fingerprint density at radius 1 is 0.839 bits per heavy atom. The summed E-state index contributed by atoms with van der Waals surface area (Å²) in [5, 5.41) is 0. The topological polar surface area (TPSA) is 9.23 Å². The van der Waals surface area contributed by atoms with Gasteiger partial charge in [0, 0.05) is 5.56 Å². The zero-order valence-electron chi connectivity index (χ0n) is 17.8. The van der Waals surface area contributed by atoms with Crippen LogP contribution < -0.4 is 4.74 Å². The predicted octanol–water partition coefficient (Wildman–Crippen LogP) is 8.42. The molecular formula is C25H29F5O. The van der Waals surface area contributed by atoms with Crippen LogP contribution >= 0.6 is 0 Å². The molecule has 0 spiro atoms. The first-order valence-corrected chi connectivity index (χ1v) is 11.1. The van der Waals surface area contributed by atoms with Crippen molar-refractivity contribution in [3.05, 3.63) is 53.6 Å². The molecule has 0 N–H and O–H groups in total. The van der Waals surface area contributed by atoms with E-state index in [-0.39, 0.29) is 16.9 Å². The van der Waals surface area contributed by atoms with Crippen molar-refractivity contribution in [2.24, 2.45) is 11.8 Å². The number of benzene rings is 2. The number of hydrogen-bond acceptors (Lipinski definition) is 1. The van der Waals surface area contributed by atoms with E-state index in [0.717, 1.165) is 55.9 Å². The highest BCUT2D eigenvalue weighted by Gasteiger charge is 2.30. The number of unbranched alkanes of at least 4 members (excludes halogenated alkanes) is 2. The highest BCUT2D eigenvalue weighted by molar-refractivity contribution is 5.65. The molecule has 3 rings (SSSR count). The molecule has 1 nitrogen and oxygen atoms in total. The molecule has 0 aliphatic heterocycles. The molecule has 1 aliphatic carbocycles. The first kappa shape index (κ1) is 23.6. The summed E-state index contributed by atoms with van der Waals surface area (Å²) in [5.74, 6) is -1.28. The van der Waals surface area contributed by atoms with Crippen molar-refractivity contribution in [2.75, 3.05) is 6.61 Å². The maximum absolute atomic E-state index is 14.6. The second kappa shape index (κ2) is 10.5. The molecule has 2 aromatic carbocycles. The van der Waals surface area contributed by atoms with Gasteiger partial charge in [0.05, 0.1) is 12.2 Å². The molecule has 2 aromatic rings. The van der Waals surface area contributed by atoms with Crippen molar-refractivity contribution in [2.45, 2.75) is 64.5 Å². The number of hydrogen-bond donors (Lipinski definition) is 0. The minimum absolute atomic E-state index is 0.0915. The molecule has 0 heterocycles. The predicted molar refractivity (Wildman–Crippen MR) is 112 cm³/mol. The monoisotopic (exact) mass is 440 g/mol. The zero-order valence-corrected chi connectivity index (χ0v) is 17.8. The lowest BCUT2D eigenvalue weighted by Crippen LogP contribution is -2.20. The molecule has 1 aliphatic rings. The summed E-state index contributed by atoms with van der Waals surface area (Å²) in [4.78, 5) is 0. The van der Waals surface area contributed by atoms with Crippen LogP contribution in [0.3, 0.4) is 0 Å². The van der Waals surface area contributed by atoms with Crippen LogP contribution in [0.2, 0.25) is 0 Å². The van der Waals surface area contributed by atoms with Crippen molar-refractivity contribution in [3.63, 3.8) is 0 Å². The molecule has 31 heavy (non-hydrogen) atoms. The van der Waals surface area contributed by atoms with Gasteiger partial charge in [-0.1, -0.05) is 57.6 Å². The molecule has 0 bridgehead atoms. The lowest BCUT2D eigenvalue weighted by Gasteiger charge is -2.28. The van der Waals surface area contributed by atoms with Gasteiger partial charge in [0.15, 0.2) is 11.6 Å². The number of rotatable bonds is 8. The first-order valence-electron chi connectivity index (χ1n) is 11.1. The van der Waals surface area contributed by atoms with Crippen LogP contribution in [0.25, 0.3) is 11.1 Å².